The lowest BCUT2D eigenvalue weighted by molar-refractivity contribution is 0.0174. The average molecular weight is 501 g/mol. The molecule has 0 saturated carbocycles. The van der Waals surface area contributed by atoms with E-state index in [-0.39, 0.29) is 23.8 Å². The number of nitrogens with one attached hydrogen (secondary N) is 2. The highest BCUT2D eigenvalue weighted by Crippen LogP contribution is 2.30. The summed E-state index contributed by atoms with van der Waals surface area (Å²) in [5, 5.41) is 3.24. The zero-order chi connectivity index (χ0) is 24.4. The number of H-pyrrole nitrogens is 1. The summed E-state index contributed by atoms with van der Waals surface area (Å²) in [5.74, 6) is 0.832. The van der Waals surface area contributed by atoms with Crippen molar-refractivity contribution >= 4 is 16.0 Å². The second kappa shape index (κ2) is 10.00. The minimum atomic E-state index is -3.51. The SMILES string of the molecule is CC1CC(c2ncc(-c3nc(NC4CCN(S(=O)(=O)c5ccccc5)CC4)ncc3F)[nH]2)CCO1. The second-order valence-corrected chi connectivity index (χ2v) is 11.0. The number of rotatable bonds is 6. The Hall–Kier alpha value is -2.89. The third-order valence-corrected chi connectivity index (χ3v) is 8.55. The number of piperidine rings is 1. The van der Waals surface area contributed by atoms with Crippen LogP contribution in [0.4, 0.5) is 10.3 Å². The molecule has 4 heterocycles. The van der Waals surface area contributed by atoms with Crippen LogP contribution < -0.4 is 5.32 Å². The standard InChI is InChI=1S/C24H29FN6O3S/c1-16-13-17(9-12-34-16)23-26-15-21(29-23)22-20(25)14-27-24(30-22)28-18-7-10-31(11-8-18)35(32,33)19-5-3-2-4-6-19/h2-6,14-18H,7-13H2,1H3,(H,26,29)(H,27,28,30). The van der Waals surface area contributed by atoms with Crippen LogP contribution in [0.15, 0.2) is 47.6 Å². The predicted molar refractivity (Wildman–Crippen MR) is 129 cm³/mol. The van der Waals surface area contributed by atoms with Crippen LogP contribution in [0, 0.1) is 5.82 Å². The molecule has 2 aliphatic rings. The minimum absolute atomic E-state index is 0.0170. The normalized spacial score (nSPS) is 22.2. The predicted octanol–water partition coefficient (Wildman–Crippen LogP) is 3.55. The van der Waals surface area contributed by atoms with E-state index < -0.39 is 15.8 Å². The first-order valence-corrected chi connectivity index (χ1v) is 13.4. The minimum Gasteiger partial charge on any atom is -0.378 e. The molecular weight excluding hydrogens is 471 g/mol. The van der Waals surface area contributed by atoms with Crippen LogP contribution in [0.1, 0.15) is 44.3 Å². The highest BCUT2D eigenvalue weighted by molar-refractivity contribution is 7.89. The average Bonchev–Trinajstić information content (AvgIpc) is 3.36. The summed E-state index contributed by atoms with van der Waals surface area (Å²) in [6.45, 7) is 3.50. The number of hydrogen-bond donors (Lipinski definition) is 2. The molecule has 2 aromatic heterocycles. The summed E-state index contributed by atoms with van der Waals surface area (Å²) in [5.41, 5.74) is 0.663. The third kappa shape index (κ3) is 5.21. The van der Waals surface area contributed by atoms with Crippen LogP contribution >= 0.6 is 0 Å². The number of nitrogens with zero attached hydrogens (tertiary/aromatic N) is 4. The van der Waals surface area contributed by atoms with Gasteiger partial charge in [0.05, 0.1) is 29.1 Å². The van der Waals surface area contributed by atoms with E-state index in [4.69, 9.17) is 4.74 Å². The fraction of sp³-hybridized carbons (Fsp3) is 0.458. The molecule has 35 heavy (non-hydrogen) atoms. The van der Waals surface area contributed by atoms with Gasteiger partial charge in [0.15, 0.2) is 5.82 Å². The molecule has 2 unspecified atom stereocenters. The van der Waals surface area contributed by atoms with E-state index in [1.807, 2.05) is 6.92 Å². The Kier molecular flexibility index (Phi) is 6.81. The molecule has 2 saturated heterocycles. The number of benzene rings is 1. The molecular formula is C24H29FN6O3S. The molecule has 5 rings (SSSR count). The molecule has 0 radical (unpaired) electrons. The first-order valence-electron chi connectivity index (χ1n) is 11.9. The highest BCUT2D eigenvalue weighted by atomic mass is 32.2. The first-order chi connectivity index (χ1) is 16.9. The molecule has 2 N–H and O–H groups in total. The van der Waals surface area contributed by atoms with Crippen molar-refractivity contribution in [3.05, 3.63) is 54.4 Å². The lowest BCUT2D eigenvalue weighted by Gasteiger charge is -2.31. The van der Waals surface area contributed by atoms with Gasteiger partial charge in [-0.05, 0) is 44.7 Å². The molecule has 9 nitrogen and oxygen atoms in total. The van der Waals surface area contributed by atoms with Gasteiger partial charge in [-0.2, -0.15) is 4.31 Å². The van der Waals surface area contributed by atoms with Gasteiger partial charge < -0.3 is 15.0 Å². The molecule has 0 amide bonds. The summed E-state index contributed by atoms with van der Waals surface area (Å²) < 4.78 is 47.4. The van der Waals surface area contributed by atoms with Gasteiger partial charge in [0, 0.05) is 31.7 Å². The topological polar surface area (TPSA) is 113 Å². The summed E-state index contributed by atoms with van der Waals surface area (Å²) in [6, 6.07) is 8.43. The van der Waals surface area contributed by atoms with Crippen LogP contribution in [0.25, 0.3) is 11.4 Å². The number of imidazole rings is 1. The number of sulfonamides is 1. The van der Waals surface area contributed by atoms with E-state index in [0.29, 0.717) is 49.1 Å². The van der Waals surface area contributed by atoms with Gasteiger partial charge in [-0.3, -0.25) is 0 Å². The maximum absolute atomic E-state index is 14.6. The van der Waals surface area contributed by atoms with Gasteiger partial charge in [-0.1, -0.05) is 18.2 Å². The zero-order valence-corrected chi connectivity index (χ0v) is 20.3. The van der Waals surface area contributed by atoms with Crippen molar-refractivity contribution in [1.29, 1.82) is 0 Å². The molecule has 1 aromatic carbocycles. The number of aromatic amines is 1. The van der Waals surface area contributed by atoms with E-state index in [1.165, 1.54) is 4.31 Å². The van der Waals surface area contributed by atoms with Gasteiger partial charge in [0.1, 0.15) is 11.5 Å². The number of hydrogen-bond acceptors (Lipinski definition) is 7. The largest absolute Gasteiger partial charge is 0.378 e. The van der Waals surface area contributed by atoms with Crippen molar-refractivity contribution < 1.29 is 17.5 Å². The highest BCUT2D eigenvalue weighted by Gasteiger charge is 2.30. The Bertz CT molecular complexity index is 1260. The summed E-state index contributed by atoms with van der Waals surface area (Å²) in [4.78, 5) is 16.5. The van der Waals surface area contributed by atoms with Gasteiger partial charge in [0.2, 0.25) is 16.0 Å². The second-order valence-electron chi connectivity index (χ2n) is 9.11. The number of halogens is 1. The van der Waals surface area contributed by atoms with Crippen LogP contribution in [-0.4, -0.2) is 64.5 Å². The van der Waals surface area contributed by atoms with E-state index in [2.05, 4.69) is 25.3 Å². The summed E-state index contributed by atoms with van der Waals surface area (Å²) in [7, 11) is -3.51. The van der Waals surface area contributed by atoms with Crippen molar-refractivity contribution in [3.63, 3.8) is 0 Å². The first kappa shape index (κ1) is 23.8. The Morgan fingerprint density at radius 1 is 1.11 bits per heavy atom. The maximum Gasteiger partial charge on any atom is 0.243 e. The number of aromatic nitrogens is 4. The molecule has 0 spiro atoms. The van der Waals surface area contributed by atoms with Crippen molar-refractivity contribution in [2.75, 3.05) is 25.0 Å². The van der Waals surface area contributed by atoms with E-state index in [1.54, 1.807) is 36.5 Å². The molecule has 186 valence electrons. The molecule has 0 bridgehead atoms. The Balaban J connectivity index is 1.24. The molecule has 11 heteroatoms. The van der Waals surface area contributed by atoms with Gasteiger partial charge in [0.25, 0.3) is 0 Å². The van der Waals surface area contributed by atoms with Crippen molar-refractivity contribution in [2.24, 2.45) is 0 Å². The Morgan fingerprint density at radius 2 is 1.89 bits per heavy atom. The maximum atomic E-state index is 14.6. The van der Waals surface area contributed by atoms with E-state index in [9.17, 15) is 12.8 Å². The number of ether oxygens (including phenoxy) is 1. The molecule has 2 atom stereocenters. The van der Waals surface area contributed by atoms with Gasteiger partial charge >= 0.3 is 0 Å². The van der Waals surface area contributed by atoms with Crippen molar-refractivity contribution in [1.82, 2.24) is 24.2 Å². The molecule has 0 aliphatic carbocycles. The van der Waals surface area contributed by atoms with Crippen molar-refractivity contribution in [2.45, 2.75) is 55.6 Å². The quantitative estimate of drug-likeness (QED) is 0.532. The van der Waals surface area contributed by atoms with Crippen molar-refractivity contribution in [3.8, 4) is 11.4 Å². The third-order valence-electron chi connectivity index (χ3n) is 6.63. The lowest BCUT2D eigenvalue weighted by atomic mass is 9.96. The fourth-order valence-corrected chi connectivity index (χ4v) is 6.19. The van der Waals surface area contributed by atoms with Crippen LogP contribution in [-0.2, 0) is 14.8 Å². The monoisotopic (exact) mass is 500 g/mol. The van der Waals surface area contributed by atoms with Crippen LogP contribution in [0.2, 0.25) is 0 Å². The van der Waals surface area contributed by atoms with E-state index in [0.717, 1.165) is 24.9 Å². The Labute approximate surface area is 204 Å². The smallest absolute Gasteiger partial charge is 0.243 e. The number of anilines is 1. The fourth-order valence-electron chi connectivity index (χ4n) is 4.70. The summed E-state index contributed by atoms with van der Waals surface area (Å²) in [6.07, 6.45) is 5.85. The van der Waals surface area contributed by atoms with E-state index >= 15 is 0 Å². The zero-order valence-electron chi connectivity index (χ0n) is 19.5. The van der Waals surface area contributed by atoms with Crippen LogP contribution in [0.3, 0.4) is 0 Å². The van der Waals surface area contributed by atoms with Crippen LogP contribution in [0.5, 0.6) is 0 Å². The Morgan fingerprint density at radius 3 is 2.63 bits per heavy atom. The lowest BCUT2D eigenvalue weighted by Crippen LogP contribution is -2.42. The molecule has 2 fully saturated rings. The molecule has 3 aromatic rings. The van der Waals surface area contributed by atoms with Gasteiger partial charge in [-0.25, -0.2) is 27.8 Å². The van der Waals surface area contributed by atoms with Gasteiger partial charge in [-0.15, -0.1) is 0 Å². The molecule has 2 aliphatic heterocycles. The summed E-state index contributed by atoms with van der Waals surface area (Å²) >= 11 is 0.